The van der Waals surface area contributed by atoms with Crippen LogP contribution in [-0.4, -0.2) is 24.7 Å². The highest BCUT2D eigenvalue weighted by molar-refractivity contribution is 5.86. The Hall–Kier alpha value is -0.830. The predicted molar refractivity (Wildman–Crippen MR) is 63.2 cm³/mol. The summed E-state index contributed by atoms with van der Waals surface area (Å²) in [6.45, 7) is 4.11. The molecule has 0 unspecified atom stereocenters. The first kappa shape index (κ1) is 11.6. The number of hydrogen-bond donors (Lipinski definition) is 1. The molecule has 3 heteroatoms. The van der Waals surface area contributed by atoms with Gasteiger partial charge in [0.25, 0.3) is 0 Å². The monoisotopic (exact) mass is 223 g/mol. The van der Waals surface area contributed by atoms with E-state index in [1.165, 1.54) is 24.8 Å². The van der Waals surface area contributed by atoms with Gasteiger partial charge >= 0.3 is 5.97 Å². The molecule has 2 aliphatic rings. The van der Waals surface area contributed by atoms with E-state index in [-0.39, 0.29) is 11.6 Å². The molecule has 3 nitrogen and oxygen atoms in total. The molecule has 16 heavy (non-hydrogen) atoms. The van der Waals surface area contributed by atoms with Crippen LogP contribution >= 0.6 is 0 Å². The summed E-state index contributed by atoms with van der Waals surface area (Å²) in [7, 11) is 0. The molecule has 1 saturated heterocycles. The predicted octanol–water partition coefficient (Wildman–Crippen LogP) is 2.17. The van der Waals surface area contributed by atoms with Crippen molar-refractivity contribution in [1.82, 2.24) is 5.32 Å². The van der Waals surface area contributed by atoms with Crippen molar-refractivity contribution < 1.29 is 9.53 Å². The van der Waals surface area contributed by atoms with Crippen LogP contribution in [0.2, 0.25) is 0 Å². The van der Waals surface area contributed by atoms with Crippen molar-refractivity contribution in [3.63, 3.8) is 0 Å². The molecule has 0 saturated carbocycles. The van der Waals surface area contributed by atoms with Gasteiger partial charge in [0.1, 0.15) is 5.60 Å². The molecule has 0 aromatic rings. The van der Waals surface area contributed by atoms with Crippen LogP contribution in [0.1, 0.15) is 45.4 Å². The third-order valence-corrected chi connectivity index (χ3v) is 3.63. The summed E-state index contributed by atoms with van der Waals surface area (Å²) in [6, 6.07) is 0. The first-order valence-corrected chi connectivity index (χ1v) is 6.41. The molecule has 0 bridgehead atoms. The topological polar surface area (TPSA) is 38.3 Å². The highest BCUT2D eigenvalue weighted by atomic mass is 16.6. The molecule has 1 N–H and O–H groups in total. The number of esters is 1. The van der Waals surface area contributed by atoms with E-state index in [4.69, 9.17) is 4.74 Å². The Morgan fingerprint density at radius 3 is 2.81 bits per heavy atom. The number of hydrogen-bond acceptors (Lipinski definition) is 3. The third kappa shape index (κ3) is 2.29. The molecular formula is C13H21NO2. The molecular weight excluding hydrogens is 202 g/mol. The maximum Gasteiger partial charge on any atom is 0.331 e. The average molecular weight is 223 g/mol. The highest BCUT2D eigenvalue weighted by Gasteiger charge is 2.43. The van der Waals surface area contributed by atoms with Crippen molar-refractivity contribution in [3.05, 3.63) is 11.6 Å². The summed E-state index contributed by atoms with van der Waals surface area (Å²) in [4.78, 5) is 11.4. The van der Waals surface area contributed by atoms with Crippen LogP contribution in [0.3, 0.4) is 0 Å². The fraction of sp³-hybridized carbons (Fsp3) is 0.769. The zero-order valence-corrected chi connectivity index (χ0v) is 10.1. The fourth-order valence-electron chi connectivity index (χ4n) is 2.68. The van der Waals surface area contributed by atoms with Crippen LogP contribution in [0.4, 0.5) is 0 Å². The summed E-state index contributed by atoms with van der Waals surface area (Å²) < 4.78 is 5.56. The van der Waals surface area contributed by atoms with Crippen LogP contribution in [0.15, 0.2) is 11.6 Å². The molecule has 0 radical (unpaired) electrons. The van der Waals surface area contributed by atoms with Gasteiger partial charge in [-0.05, 0) is 31.5 Å². The van der Waals surface area contributed by atoms with Crippen LogP contribution in [0, 0.1) is 0 Å². The molecule has 0 aromatic carbocycles. The second kappa shape index (κ2) is 5.00. The summed E-state index contributed by atoms with van der Waals surface area (Å²) in [5, 5.41) is 3.32. The summed E-state index contributed by atoms with van der Waals surface area (Å²) in [5.41, 5.74) is 1.00. The van der Waals surface area contributed by atoms with Crippen LogP contribution < -0.4 is 5.32 Å². The Balaban J connectivity index is 2.01. The minimum absolute atomic E-state index is 0.131. The van der Waals surface area contributed by atoms with Gasteiger partial charge in [-0.25, -0.2) is 4.79 Å². The summed E-state index contributed by atoms with van der Waals surface area (Å²) >= 11 is 0. The average Bonchev–Trinajstić information content (AvgIpc) is 2.57. The molecule has 2 rings (SSSR count). The largest absolute Gasteiger partial charge is 0.451 e. The highest BCUT2D eigenvalue weighted by Crippen LogP contribution is 2.38. The van der Waals surface area contributed by atoms with Crippen LogP contribution in [-0.2, 0) is 9.53 Å². The van der Waals surface area contributed by atoms with E-state index in [2.05, 4.69) is 12.2 Å². The first-order valence-electron chi connectivity index (χ1n) is 6.41. The fourth-order valence-corrected chi connectivity index (χ4v) is 2.68. The molecule has 1 fully saturated rings. The standard InChI is InChI=1S/C13H21NO2/c1-2-3-4-5-11-10-12(15)16-13(11)6-8-14-9-7-13/h10,14H,2-9H2,1H3. The van der Waals surface area contributed by atoms with E-state index in [0.29, 0.717) is 0 Å². The second-order valence-corrected chi connectivity index (χ2v) is 4.79. The Morgan fingerprint density at radius 1 is 1.38 bits per heavy atom. The molecule has 2 aliphatic heterocycles. The van der Waals surface area contributed by atoms with E-state index < -0.39 is 0 Å². The SMILES string of the molecule is CCCCCC1=CC(=O)OC12CCNCC2. The number of ether oxygens (including phenoxy) is 1. The zero-order chi connectivity index (χ0) is 11.4. The minimum atomic E-state index is -0.240. The molecule has 0 aromatic heterocycles. The molecule has 0 amide bonds. The Kier molecular flexibility index (Phi) is 3.64. The van der Waals surface area contributed by atoms with Gasteiger partial charge < -0.3 is 10.1 Å². The van der Waals surface area contributed by atoms with Gasteiger partial charge in [-0.3, -0.25) is 0 Å². The molecule has 0 aliphatic carbocycles. The lowest BCUT2D eigenvalue weighted by Crippen LogP contribution is -2.43. The van der Waals surface area contributed by atoms with E-state index in [9.17, 15) is 4.79 Å². The lowest BCUT2D eigenvalue weighted by molar-refractivity contribution is -0.147. The summed E-state index contributed by atoms with van der Waals surface area (Å²) in [6.07, 6.45) is 8.28. The van der Waals surface area contributed by atoms with E-state index in [1.54, 1.807) is 6.08 Å². The van der Waals surface area contributed by atoms with Gasteiger partial charge in [0.15, 0.2) is 0 Å². The molecule has 2 heterocycles. The summed E-state index contributed by atoms with van der Waals surface area (Å²) in [5.74, 6) is -0.131. The van der Waals surface area contributed by atoms with Crippen LogP contribution in [0.5, 0.6) is 0 Å². The maximum atomic E-state index is 11.4. The van der Waals surface area contributed by atoms with Crippen molar-refractivity contribution in [2.75, 3.05) is 13.1 Å². The van der Waals surface area contributed by atoms with Crippen molar-refractivity contribution in [2.45, 2.75) is 51.0 Å². The van der Waals surface area contributed by atoms with Gasteiger partial charge in [0, 0.05) is 18.9 Å². The van der Waals surface area contributed by atoms with Gasteiger partial charge in [-0.15, -0.1) is 0 Å². The van der Waals surface area contributed by atoms with Gasteiger partial charge in [0.2, 0.25) is 0 Å². The quantitative estimate of drug-likeness (QED) is 0.586. The minimum Gasteiger partial charge on any atom is -0.451 e. The molecule has 90 valence electrons. The number of carbonyl (C=O) groups excluding carboxylic acids is 1. The Bertz CT molecular complexity index is 290. The van der Waals surface area contributed by atoms with Crippen LogP contribution in [0.25, 0.3) is 0 Å². The second-order valence-electron chi connectivity index (χ2n) is 4.79. The number of nitrogens with one attached hydrogen (secondary N) is 1. The van der Waals surface area contributed by atoms with Crippen molar-refractivity contribution in [2.24, 2.45) is 0 Å². The van der Waals surface area contributed by atoms with Crippen molar-refractivity contribution >= 4 is 5.97 Å². The number of unbranched alkanes of at least 4 members (excludes halogenated alkanes) is 2. The Morgan fingerprint density at radius 2 is 2.12 bits per heavy atom. The van der Waals surface area contributed by atoms with Crippen molar-refractivity contribution in [3.8, 4) is 0 Å². The third-order valence-electron chi connectivity index (χ3n) is 3.63. The zero-order valence-electron chi connectivity index (χ0n) is 10.1. The van der Waals surface area contributed by atoms with E-state index in [0.717, 1.165) is 32.4 Å². The van der Waals surface area contributed by atoms with E-state index >= 15 is 0 Å². The van der Waals surface area contributed by atoms with Crippen molar-refractivity contribution in [1.29, 1.82) is 0 Å². The number of piperidine rings is 1. The molecule has 1 spiro atoms. The van der Waals surface area contributed by atoms with Gasteiger partial charge in [-0.2, -0.15) is 0 Å². The normalized spacial score (nSPS) is 23.3. The molecule has 0 atom stereocenters. The van der Waals surface area contributed by atoms with Gasteiger partial charge in [0.05, 0.1) is 0 Å². The Labute approximate surface area is 97.2 Å². The van der Waals surface area contributed by atoms with E-state index in [1.807, 2.05) is 0 Å². The lowest BCUT2D eigenvalue weighted by atomic mass is 9.83. The lowest BCUT2D eigenvalue weighted by Gasteiger charge is -2.35. The number of rotatable bonds is 4. The maximum absolute atomic E-state index is 11.4. The smallest absolute Gasteiger partial charge is 0.331 e. The van der Waals surface area contributed by atoms with Gasteiger partial charge in [-0.1, -0.05) is 19.8 Å². The first-order chi connectivity index (χ1) is 7.77. The number of carbonyl (C=O) groups is 1.